The summed E-state index contributed by atoms with van der Waals surface area (Å²) in [6.07, 6.45) is -4.60. The summed E-state index contributed by atoms with van der Waals surface area (Å²) in [5.74, 6) is -0.845. The van der Waals surface area contributed by atoms with Gasteiger partial charge >= 0.3 is 6.18 Å². The molecule has 0 aliphatic carbocycles. The first-order valence-electron chi connectivity index (χ1n) is 9.31. The number of nitro groups is 1. The normalized spacial score (nSPS) is 15.7. The molecule has 10 heteroatoms. The Morgan fingerprint density at radius 1 is 1.13 bits per heavy atom. The number of anilines is 1. The van der Waals surface area contributed by atoms with Gasteiger partial charge in [0.25, 0.3) is 11.6 Å². The quantitative estimate of drug-likeness (QED) is 0.588. The molecule has 0 atom stereocenters. The summed E-state index contributed by atoms with van der Waals surface area (Å²) in [5.41, 5.74) is -1.43. The second-order valence-electron chi connectivity index (χ2n) is 7.18. The lowest BCUT2D eigenvalue weighted by Gasteiger charge is -2.33. The fourth-order valence-corrected chi connectivity index (χ4v) is 3.33. The van der Waals surface area contributed by atoms with Crippen molar-refractivity contribution in [1.82, 2.24) is 9.80 Å². The maximum absolute atomic E-state index is 13.6. The highest BCUT2D eigenvalue weighted by Gasteiger charge is 2.34. The third-order valence-electron chi connectivity index (χ3n) is 5.01. The van der Waals surface area contributed by atoms with Gasteiger partial charge < -0.3 is 10.2 Å². The molecule has 1 aliphatic heterocycles. The monoisotopic (exact) mass is 422 g/mol. The SMILES string of the molecule is CN1CCN(Cc2ccc(NC(=O)c3ccccc3[N+](=O)[O-])cc2C(F)(F)F)CC1. The van der Waals surface area contributed by atoms with Gasteiger partial charge in [0.1, 0.15) is 5.56 Å². The van der Waals surface area contributed by atoms with E-state index in [1.807, 2.05) is 11.9 Å². The van der Waals surface area contributed by atoms with Gasteiger partial charge in [-0.15, -0.1) is 0 Å². The highest BCUT2D eigenvalue weighted by molar-refractivity contribution is 6.07. The second kappa shape index (κ2) is 8.80. The number of piperazine rings is 1. The van der Waals surface area contributed by atoms with E-state index in [4.69, 9.17) is 0 Å². The molecule has 1 aliphatic rings. The van der Waals surface area contributed by atoms with Crippen molar-refractivity contribution in [3.63, 3.8) is 0 Å². The molecule has 1 saturated heterocycles. The Hall–Kier alpha value is -2.98. The van der Waals surface area contributed by atoms with E-state index in [0.717, 1.165) is 25.2 Å². The van der Waals surface area contributed by atoms with E-state index < -0.39 is 28.3 Å². The van der Waals surface area contributed by atoms with Gasteiger partial charge in [-0.25, -0.2) is 0 Å². The average molecular weight is 422 g/mol. The van der Waals surface area contributed by atoms with Crippen LogP contribution in [-0.2, 0) is 12.7 Å². The predicted octanol–water partition coefficient (Wildman–Crippen LogP) is 3.61. The maximum Gasteiger partial charge on any atom is 0.416 e. The molecule has 160 valence electrons. The fraction of sp³-hybridized carbons (Fsp3) is 0.350. The molecular weight excluding hydrogens is 401 g/mol. The summed E-state index contributed by atoms with van der Waals surface area (Å²) in [4.78, 5) is 26.9. The summed E-state index contributed by atoms with van der Waals surface area (Å²) < 4.78 is 40.9. The van der Waals surface area contributed by atoms with Crippen LogP contribution in [-0.4, -0.2) is 53.9 Å². The van der Waals surface area contributed by atoms with Gasteiger partial charge in [-0.05, 0) is 30.8 Å². The molecule has 30 heavy (non-hydrogen) atoms. The zero-order chi connectivity index (χ0) is 21.9. The number of amides is 1. The Balaban J connectivity index is 1.83. The smallest absolute Gasteiger partial charge is 0.322 e. The van der Waals surface area contributed by atoms with Crippen LogP contribution in [0, 0.1) is 10.1 Å². The number of hydrogen-bond donors (Lipinski definition) is 1. The summed E-state index contributed by atoms with van der Waals surface area (Å²) in [7, 11) is 1.97. The van der Waals surface area contributed by atoms with E-state index in [1.165, 1.54) is 30.3 Å². The predicted molar refractivity (Wildman–Crippen MR) is 105 cm³/mol. The maximum atomic E-state index is 13.6. The fourth-order valence-electron chi connectivity index (χ4n) is 3.33. The summed E-state index contributed by atoms with van der Waals surface area (Å²) >= 11 is 0. The molecule has 1 heterocycles. The van der Waals surface area contributed by atoms with Crippen molar-refractivity contribution in [3.8, 4) is 0 Å². The molecular formula is C20H21F3N4O3. The van der Waals surface area contributed by atoms with Gasteiger partial charge in [-0.2, -0.15) is 13.2 Å². The van der Waals surface area contributed by atoms with Crippen molar-refractivity contribution in [1.29, 1.82) is 0 Å². The summed E-state index contributed by atoms with van der Waals surface area (Å²) in [6, 6.07) is 8.86. The van der Waals surface area contributed by atoms with Crippen LogP contribution in [0.25, 0.3) is 0 Å². The van der Waals surface area contributed by atoms with Crippen molar-refractivity contribution in [2.75, 3.05) is 38.5 Å². The van der Waals surface area contributed by atoms with Crippen molar-refractivity contribution in [3.05, 3.63) is 69.3 Å². The molecule has 0 spiro atoms. The zero-order valence-corrected chi connectivity index (χ0v) is 16.3. The molecule has 1 N–H and O–H groups in total. The lowest BCUT2D eigenvalue weighted by Crippen LogP contribution is -2.44. The van der Waals surface area contributed by atoms with Gasteiger partial charge in [-0.3, -0.25) is 19.8 Å². The highest BCUT2D eigenvalue weighted by Crippen LogP contribution is 2.35. The third-order valence-corrected chi connectivity index (χ3v) is 5.01. The van der Waals surface area contributed by atoms with Gasteiger partial charge in [-0.1, -0.05) is 18.2 Å². The number of halogens is 3. The van der Waals surface area contributed by atoms with Crippen molar-refractivity contribution in [2.45, 2.75) is 12.7 Å². The molecule has 2 aromatic carbocycles. The van der Waals surface area contributed by atoms with Gasteiger partial charge in [0.2, 0.25) is 0 Å². The van der Waals surface area contributed by atoms with Crippen LogP contribution in [0.2, 0.25) is 0 Å². The van der Waals surface area contributed by atoms with E-state index in [2.05, 4.69) is 10.2 Å². The van der Waals surface area contributed by atoms with Crippen molar-refractivity contribution >= 4 is 17.3 Å². The topological polar surface area (TPSA) is 78.7 Å². The van der Waals surface area contributed by atoms with Gasteiger partial charge in [0.05, 0.1) is 10.5 Å². The van der Waals surface area contributed by atoms with Crippen LogP contribution in [0.5, 0.6) is 0 Å². The summed E-state index contributed by atoms with van der Waals surface area (Å²) in [6.45, 7) is 3.06. The number of alkyl halides is 3. The molecule has 0 saturated carbocycles. The Morgan fingerprint density at radius 2 is 1.80 bits per heavy atom. The van der Waals surface area contributed by atoms with E-state index >= 15 is 0 Å². The third kappa shape index (κ3) is 5.14. The van der Waals surface area contributed by atoms with E-state index in [1.54, 1.807) is 0 Å². The number of likely N-dealkylation sites (N-methyl/N-ethyl adjacent to an activating group) is 1. The number of nitrogens with zero attached hydrogens (tertiary/aromatic N) is 3. The molecule has 2 aromatic rings. The van der Waals surface area contributed by atoms with Crippen molar-refractivity contribution < 1.29 is 22.9 Å². The molecule has 7 nitrogen and oxygen atoms in total. The number of carbonyl (C=O) groups is 1. The molecule has 1 fully saturated rings. The molecule has 0 bridgehead atoms. The summed E-state index contributed by atoms with van der Waals surface area (Å²) in [5, 5.41) is 13.4. The van der Waals surface area contributed by atoms with E-state index in [0.29, 0.717) is 13.1 Å². The molecule has 0 aromatic heterocycles. The largest absolute Gasteiger partial charge is 0.416 e. The minimum Gasteiger partial charge on any atom is -0.322 e. The minimum atomic E-state index is -4.60. The number of carbonyl (C=O) groups excluding carboxylic acids is 1. The lowest BCUT2D eigenvalue weighted by molar-refractivity contribution is -0.385. The van der Waals surface area contributed by atoms with Gasteiger partial charge in [0, 0.05) is 44.5 Å². The highest BCUT2D eigenvalue weighted by atomic mass is 19.4. The van der Waals surface area contributed by atoms with E-state index in [9.17, 15) is 28.1 Å². The number of benzene rings is 2. The number of hydrogen-bond acceptors (Lipinski definition) is 5. The van der Waals surface area contributed by atoms with Crippen LogP contribution in [0.3, 0.4) is 0 Å². The van der Waals surface area contributed by atoms with Gasteiger partial charge in [0.15, 0.2) is 0 Å². The van der Waals surface area contributed by atoms with Crippen molar-refractivity contribution in [2.24, 2.45) is 0 Å². The minimum absolute atomic E-state index is 0.0763. The Bertz CT molecular complexity index is 941. The number of nitrogens with one attached hydrogen (secondary N) is 1. The van der Waals surface area contributed by atoms with E-state index in [-0.39, 0.29) is 23.4 Å². The standard InChI is InChI=1S/C20H21F3N4O3/c1-25-8-10-26(11-9-25)13-14-6-7-15(12-17(14)20(21,22)23)24-19(28)16-4-2-3-5-18(16)27(29)30/h2-7,12H,8-11,13H2,1H3,(H,24,28). The first kappa shape index (κ1) is 21.7. The molecule has 1 amide bonds. The Labute approximate surface area is 171 Å². The molecule has 0 radical (unpaired) electrons. The lowest BCUT2D eigenvalue weighted by atomic mass is 10.0. The van der Waals surface area contributed by atoms with Crippen LogP contribution in [0.15, 0.2) is 42.5 Å². The average Bonchev–Trinajstić information content (AvgIpc) is 2.70. The second-order valence-corrected chi connectivity index (χ2v) is 7.18. The zero-order valence-electron chi connectivity index (χ0n) is 16.3. The number of rotatable bonds is 5. The van der Waals surface area contributed by atoms with Crippen LogP contribution >= 0.6 is 0 Å². The molecule has 3 rings (SSSR count). The molecule has 0 unspecified atom stereocenters. The van der Waals surface area contributed by atoms with Crippen LogP contribution < -0.4 is 5.32 Å². The Kier molecular flexibility index (Phi) is 6.37. The number of para-hydroxylation sites is 1. The number of nitro benzene ring substituents is 1. The first-order chi connectivity index (χ1) is 14.1. The first-order valence-corrected chi connectivity index (χ1v) is 9.31. The Morgan fingerprint density at radius 3 is 2.43 bits per heavy atom. The van der Waals surface area contributed by atoms with Crippen LogP contribution in [0.1, 0.15) is 21.5 Å². The van der Waals surface area contributed by atoms with Crippen LogP contribution in [0.4, 0.5) is 24.5 Å².